The SMILES string of the molecule is Cc1cccc(NC(=O)Nc2cccc(CNC(=O)c3cccc(NC(=O)c4cccs4)c3)c2)c1. The minimum absolute atomic E-state index is 0.215. The Hall–Kier alpha value is -4.43. The van der Waals surface area contributed by atoms with Gasteiger partial charge in [0.25, 0.3) is 11.8 Å². The minimum Gasteiger partial charge on any atom is -0.348 e. The normalized spacial score (nSPS) is 10.3. The van der Waals surface area contributed by atoms with Crippen LogP contribution in [0.2, 0.25) is 0 Å². The third-order valence-electron chi connectivity index (χ3n) is 5.04. The summed E-state index contributed by atoms with van der Waals surface area (Å²) in [6.07, 6.45) is 0. The summed E-state index contributed by atoms with van der Waals surface area (Å²) in [4.78, 5) is 37.8. The van der Waals surface area contributed by atoms with Crippen LogP contribution in [0.1, 0.15) is 31.2 Å². The highest BCUT2D eigenvalue weighted by Crippen LogP contribution is 2.16. The summed E-state index contributed by atoms with van der Waals surface area (Å²) < 4.78 is 0. The lowest BCUT2D eigenvalue weighted by atomic mass is 10.1. The summed E-state index contributed by atoms with van der Waals surface area (Å²) in [6.45, 7) is 2.23. The molecule has 7 nitrogen and oxygen atoms in total. The quantitative estimate of drug-likeness (QED) is 0.263. The monoisotopic (exact) mass is 484 g/mol. The molecular formula is C27H24N4O3S. The molecule has 0 atom stereocenters. The predicted molar refractivity (Wildman–Crippen MR) is 140 cm³/mol. The number of thiophene rings is 1. The number of hydrogen-bond donors (Lipinski definition) is 4. The number of hydrogen-bond acceptors (Lipinski definition) is 4. The summed E-state index contributed by atoms with van der Waals surface area (Å²) in [5.41, 5.74) is 4.17. The molecule has 0 aliphatic carbocycles. The molecule has 0 aliphatic heterocycles. The Morgan fingerprint density at radius 2 is 1.40 bits per heavy atom. The van der Waals surface area contributed by atoms with E-state index in [9.17, 15) is 14.4 Å². The molecule has 0 unspecified atom stereocenters. The number of aryl methyl sites for hydroxylation is 1. The second kappa shape index (κ2) is 11.1. The number of carbonyl (C=O) groups excluding carboxylic acids is 3. The molecule has 0 spiro atoms. The number of rotatable bonds is 7. The van der Waals surface area contributed by atoms with E-state index in [0.717, 1.165) is 11.1 Å². The van der Waals surface area contributed by atoms with Gasteiger partial charge in [-0.2, -0.15) is 0 Å². The number of urea groups is 1. The van der Waals surface area contributed by atoms with Crippen LogP contribution in [0.4, 0.5) is 21.9 Å². The predicted octanol–water partition coefficient (Wildman–Crippen LogP) is 5.88. The summed E-state index contributed by atoms with van der Waals surface area (Å²) in [6, 6.07) is 24.8. The van der Waals surface area contributed by atoms with E-state index >= 15 is 0 Å². The van der Waals surface area contributed by atoms with E-state index in [4.69, 9.17) is 0 Å². The Morgan fingerprint density at radius 1 is 0.714 bits per heavy atom. The van der Waals surface area contributed by atoms with Crippen molar-refractivity contribution < 1.29 is 14.4 Å². The highest BCUT2D eigenvalue weighted by Gasteiger charge is 2.10. The van der Waals surface area contributed by atoms with Gasteiger partial charge in [-0.25, -0.2) is 4.79 Å². The first kappa shape index (κ1) is 23.7. The topological polar surface area (TPSA) is 99.3 Å². The Kier molecular flexibility index (Phi) is 7.54. The number of amides is 4. The van der Waals surface area contributed by atoms with Crippen LogP contribution in [0.3, 0.4) is 0 Å². The van der Waals surface area contributed by atoms with E-state index in [2.05, 4.69) is 21.3 Å². The fourth-order valence-corrected chi connectivity index (χ4v) is 4.02. The number of nitrogens with one attached hydrogen (secondary N) is 4. The van der Waals surface area contributed by atoms with Crippen LogP contribution >= 0.6 is 11.3 Å². The standard InChI is InChI=1S/C27H24N4O3S/c1-18-6-2-9-21(14-18)30-27(34)31-22-10-3-7-19(15-22)17-28-25(32)20-8-4-11-23(16-20)29-26(33)24-12-5-13-35-24/h2-16H,17H2,1H3,(H,28,32)(H,29,33)(H2,30,31,34). The van der Waals surface area contributed by atoms with Gasteiger partial charge >= 0.3 is 6.03 Å². The number of carbonyl (C=O) groups is 3. The maximum atomic E-state index is 12.7. The molecule has 0 aliphatic rings. The van der Waals surface area contributed by atoms with Gasteiger partial charge in [0.15, 0.2) is 0 Å². The molecule has 4 N–H and O–H groups in total. The van der Waals surface area contributed by atoms with Gasteiger partial charge in [0.05, 0.1) is 4.88 Å². The Bertz CT molecular complexity index is 1350. The van der Waals surface area contributed by atoms with Crippen molar-refractivity contribution in [2.75, 3.05) is 16.0 Å². The zero-order chi connectivity index (χ0) is 24.6. The molecule has 35 heavy (non-hydrogen) atoms. The van der Waals surface area contributed by atoms with Crippen molar-refractivity contribution in [3.05, 3.63) is 112 Å². The van der Waals surface area contributed by atoms with E-state index in [1.807, 2.05) is 54.8 Å². The lowest BCUT2D eigenvalue weighted by Crippen LogP contribution is -2.23. The van der Waals surface area contributed by atoms with Gasteiger partial charge in [0.1, 0.15) is 0 Å². The van der Waals surface area contributed by atoms with Crippen molar-refractivity contribution in [3.63, 3.8) is 0 Å². The molecule has 4 rings (SSSR count). The van der Waals surface area contributed by atoms with E-state index in [1.165, 1.54) is 11.3 Å². The van der Waals surface area contributed by atoms with Crippen LogP contribution in [-0.2, 0) is 6.54 Å². The van der Waals surface area contributed by atoms with Gasteiger partial charge in [0.2, 0.25) is 0 Å². The van der Waals surface area contributed by atoms with Crippen molar-refractivity contribution in [1.29, 1.82) is 0 Å². The fourth-order valence-electron chi connectivity index (χ4n) is 3.40. The van der Waals surface area contributed by atoms with Crippen LogP contribution in [0.5, 0.6) is 0 Å². The highest BCUT2D eigenvalue weighted by atomic mass is 32.1. The van der Waals surface area contributed by atoms with Crippen molar-refractivity contribution in [2.45, 2.75) is 13.5 Å². The summed E-state index contributed by atoms with van der Waals surface area (Å²) in [7, 11) is 0. The lowest BCUT2D eigenvalue weighted by Gasteiger charge is -2.11. The van der Waals surface area contributed by atoms with Crippen LogP contribution < -0.4 is 21.3 Å². The van der Waals surface area contributed by atoms with Crippen LogP contribution in [-0.4, -0.2) is 17.8 Å². The van der Waals surface area contributed by atoms with Gasteiger partial charge in [-0.1, -0.05) is 36.4 Å². The first-order chi connectivity index (χ1) is 17.0. The van der Waals surface area contributed by atoms with Crippen molar-refractivity contribution in [2.24, 2.45) is 0 Å². The number of benzene rings is 3. The van der Waals surface area contributed by atoms with Gasteiger partial charge in [-0.3, -0.25) is 9.59 Å². The molecule has 4 amide bonds. The maximum absolute atomic E-state index is 12.7. The average molecular weight is 485 g/mol. The van der Waals surface area contributed by atoms with Crippen LogP contribution in [0.25, 0.3) is 0 Å². The molecule has 1 aromatic heterocycles. The van der Waals surface area contributed by atoms with E-state index in [1.54, 1.807) is 42.5 Å². The first-order valence-corrected chi connectivity index (χ1v) is 11.8. The van der Waals surface area contributed by atoms with E-state index in [0.29, 0.717) is 27.5 Å². The Morgan fingerprint density at radius 3 is 2.11 bits per heavy atom. The molecule has 1 heterocycles. The molecule has 176 valence electrons. The molecule has 0 bridgehead atoms. The molecule has 0 saturated heterocycles. The van der Waals surface area contributed by atoms with Gasteiger partial charge in [-0.15, -0.1) is 11.3 Å². The third-order valence-corrected chi connectivity index (χ3v) is 5.91. The highest BCUT2D eigenvalue weighted by molar-refractivity contribution is 7.12. The third kappa shape index (κ3) is 6.78. The van der Waals surface area contributed by atoms with E-state index < -0.39 is 0 Å². The second-order valence-corrected chi connectivity index (χ2v) is 8.79. The largest absolute Gasteiger partial charge is 0.348 e. The smallest absolute Gasteiger partial charge is 0.323 e. The average Bonchev–Trinajstić information content (AvgIpc) is 3.38. The zero-order valence-electron chi connectivity index (χ0n) is 19.0. The maximum Gasteiger partial charge on any atom is 0.323 e. The summed E-state index contributed by atoms with van der Waals surface area (Å²) in [5.74, 6) is -0.485. The molecule has 3 aromatic carbocycles. The van der Waals surface area contributed by atoms with Crippen molar-refractivity contribution in [3.8, 4) is 0 Å². The van der Waals surface area contributed by atoms with Crippen molar-refractivity contribution >= 4 is 46.2 Å². The minimum atomic E-state index is -0.349. The van der Waals surface area contributed by atoms with Gasteiger partial charge in [-0.05, 0) is 72.0 Å². The molecule has 4 aromatic rings. The zero-order valence-corrected chi connectivity index (χ0v) is 19.8. The van der Waals surface area contributed by atoms with Crippen LogP contribution in [0, 0.1) is 6.92 Å². The molecule has 0 radical (unpaired) electrons. The fraction of sp³-hybridized carbons (Fsp3) is 0.0741. The first-order valence-electron chi connectivity index (χ1n) is 10.9. The van der Waals surface area contributed by atoms with Crippen molar-refractivity contribution in [1.82, 2.24) is 5.32 Å². The van der Waals surface area contributed by atoms with Gasteiger partial charge in [0, 0.05) is 29.2 Å². The molecule has 0 fully saturated rings. The summed E-state index contributed by atoms with van der Waals surface area (Å²) in [5, 5.41) is 13.1. The Balaban J connectivity index is 1.32. The second-order valence-electron chi connectivity index (χ2n) is 7.84. The molecule has 0 saturated carbocycles. The van der Waals surface area contributed by atoms with Gasteiger partial charge < -0.3 is 21.3 Å². The summed E-state index contributed by atoms with van der Waals surface area (Å²) >= 11 is 1.35. The van der Waals surface area contributed by atoms with E-state index in [-0.39, 0.29) is 24.4 Å². The molecule has 8 heteroatoms. The van der Waals surface area contributed by atoms with Crippen LogP contribution in [0.15, 0.2) is 90.3 Å². The molecular weight excluding hydrogens is 460 g/mol. The number of anilines is 3. The lowest BCUT2D eigenvalue weighted by molar-refractivity contribution is 0.0949. The Labute approximate surface area is 207 Å².